The average molecular weight is 538 g/mol. The van der Waals surface area contributed by atoms with Crippen LogP contribution in [0.2, 0.25) is 0 Å². The molecular formula is C25H31F4N7O2. The molecule has 6 N–H and O–H groups in total. The van der Waals surface area contributed by atoms with Crippen molar-refractivity contribution in [3.63, 3.8) is 0 Å². The number of nitrogens with one attached hydrogen (secondary N) is 2. The lowest BCUT2D eigenvalue weighted by molar-refractivity contribution is -0.137. The first kappa shape index (κ1) is 28.8. The molecule has 0 radical (unpaired) electrons. The molecule has 38 heavy (non-hydrogen) atoms. The first-order valence-electron chi connectivity index (χ1n) is 12.0. The van der Waals surface area contributed by atoms with Crippen molar-refractivity contribution in [2.75, 3.05) is 31.2 Å². The fourth-order valence-corrected chi connectivity index (χ4v) is 4.22. The first-order chi connectivity index (χ1) is 17.8. The number of aryl methyl sites for hydroxylation is 3. The number of nitrogens with zero attached hydrogens (tertiary/aromatic N) is 3. The van der Waals surface area contributed by atoms with E-state index < -0.39 is 46.5 Å². The van der Waals surface area contributed by atoms with Crippen molar-refractivity contribution in [2.45, 2.75) is 52.8 Å². The molecule has 9 nitrogen and oxygen atoms in total. The summed E-state index contributed by atoms with van der Waals surface area (Å²) >= 11 is 0. The second kappa shape index (κ2) is 11.3. The van der Waals surface area contributed by atoms with Gasteiger partial charge in [0.2, 0.25) is 11.8 Å². The van der Waals surface area contributed by atoms with Crippen LogP contribution in [-0.4, -0.2) is 47.1 Å². The van der Waals surface area contributed by atoms with Crippen LogP contribution in [0.15, 0.2) is 6.07 Å². The normalized spacial score (nSPS) is 12.6. The van der Waals surface area contributed by atoms with Gasteiger partial charge in [0.15, 0.2) is 5.82 Å². The van der Waals surface area contributed by atoms with Crippen molar-refractivity contribution in [1.82, 2.24) is 20.3 Å². The van der Waals surface area contributed by atoms with Crippen LogP contribution in [-0.2, 0) is 11.0 Å². The molecule has 3 aromatic heterocycles. The quantitative estimate of drug-likeness (QED) is 0.225. The highest BCUT2D eigenvalue weighted by atomic mass is 19.4. The molecule has 3 aromatic rings. The predicted octanol–water partition coefficient (Wildman–Crippen LogP) is 4.02. The predicted molar refractivity (Wildman–Crippen MR) is 137 cm³/mol. The molecule has 206 valence electrons. The molecule has 0 saturated heterocycles. The van der Waals surface area contributed by atoms with Gasteiger partial charge in [-0.25, -0.2) is 19.3 Å². The van der Waals surface area contributed by atoms with Crippen LogP contribution in [0, 0.1) is 26.6 Å². The molecule has 3 heterocycles. The van der Waals surface area contributed by atoms with Gasteiger partial charge in [0, 0.05) is 23.2 Å². The standard InChI is InChI=1S/C25H31F4N7O2/c1-6-7-8-32-15(22(31)37)10-33-23-18-17(11(2)12(3)35-23)20(26)21(36-24(18)38-5)14-9-16(30)34-13(4)19(14)25(27,28)29/h9,15,32H,6-8,10H2,1-5H3,(H2,30,34)(H2,31,37)(H,33,35). The first-order valence-corrected chi connectivity index (χ1v) is 12.0. The molecule has 0 aliphatic rings. The highest BCUT2D eigenvalue weighted by molar-refractivity contribution is 6.01. The maximum atomic E-state index is 16.2. The number of carbonyl (C=O) groups is 1. The highest BCUT2D eigenvalue weighted by Gasteiger charge is 2.38. The van der Waals surface area contributed by atoms with Gasteiger partial charge in [-0.15, -0.1) is 0 Å². The van der Waals surface area contributed by atoms with Gasteiger partial charge in [0.05, 0.1) is 23.8 Å². The average Bonchev–Trinajstić information content (AvgIpc) is 2.82. The molecule has 0 aromatic carbocycles. The van der Waals surface area contributed by atoms with Gasteiger partial charge < -0.3 is 26.8 Å². The Balaban J connectivity index is 2.25. The zero-order valence-electron chi connectivity index (χ0n) is 21.8. The minimum atomic E-state index is -4.85. The summed E-state index contributed by atoms with van der Waals surface area (Å²) in [4.78, 5) is 24.3. The molecule has 1 unspecified atom stereocenters. The SMILES string of the molecule is CCCCNC(CNc1nc(C)c(C)c2c(F)c(-c3cc(N)nc(C)c3C(F)(F)F)nc(OC)c12)C(N)=O. The summed E-state index contributed by atoms with van der Waals surface area (Å²) in [7, 11) is 1.26. The van der Waals surface area contributed by atoms with Crippen molar-refractivity contribution in [3.05, 3.63) is 34.4 Å². The Labute approximate surface area is 217 Å². The number of hydrogen-bond donors (Lipinski definition) is 4. The number of aromatic nitrogens is 3. The number of nitrogens with two attached hydrogens (primary N) is 2. The van der Waals surface area contributed by atoms with Gasteiger partial charge in [0.25, 0.3) is 0 Å². The maximum Gasteiger partial charge on any atom is 0.418 e. The van der Waals surface area contributed by atoms with E-state index in [1.165, 1.54) is 7.11 Å². The second-order valence-electron chi connectivity index (χ2n) is 8.90. The van der Waals surface area contributed by atoms with E-state index in [1.54, 1.807) is 13.8 Å². The fourth-order valence-electron chi connectivity index (χ4n) is 4.22. The van der Waals surface area contributed by atoms with Gasteiger partial charge in [0.1, 0.15) is 23.4 Å². The zero-order chi connectivity index (χ0) is 28.4. The molecule has 0 spiro atoms. The number of alkyl halides is 3. The van der Waals surface area contributed by atoms with E-state index in [0.717, 1.165) is 25.8 Å². The lowest BCUT2D eigenvalue weighted by Crippen LogP contribution is -2.46. The van der Waals surface area contributed by atoms with Crippen molar-refractivity contribution in [2.24, 2.45) is 5.73 Å². The molecule has 0 aliphatic carbocycles. The third kappa shape index (κ3) is 5.72. The number of nitrogen functional groups attached to an aromatic ring is 1. The molecule has 1 amide bonds. The molecule has 0 saturated carbocycles. The van der Waals surface area contributed by atoms with E-state index in [-0.39, 0.29) is 34.8 Å². The van der Waals surface area contributed by atoms with E-state index in [1.807, 2.05) is 6.92 Å². The lowest BCUT2D eigenvalue weighted by atomic mass is 9.98. The summed E-state index contributed by atoms with van der Waals surface area (Å²) < 4.78 is 63.5. The molecule has 0 aliphatic heterocycles. The number of pyridine rings is 3. The summed E-state index contributed by atoms with van der Waals surface area (Å²) in [5.41, 5.74) is 9.34. The van der Waals surface area contributed by atoms with Crippen molar-refractivity contribution in [1.29, 1.82) is 0 Å². The van der Waals surface area contributed by atoms with E-state index in [0.29, 0.717) is 17.8 Å². The number of primary amides is 1. The Bertz CT molecular complexity index is 1360. The minimum Gasteiger partial charge on any atom is -0.480 e. The van der Waals surface area contributed by atoms with Crippen LogP contribution in [0.3, 0.4) is 0 Å². The molecule has 1 atom stereocenters. The number of hydrogen-bond acceptors (Lipinski definition) is 8. The number of amides is 1. The van der Waals surface area contributed by atoms with Crippen molar-refractivity contribution >= 4 is 28.3 Å². The second-order valence-corrected chi connectivity index (χ2v) is 8.90. The number of methoxy groups -OCH3 is 1. The molecule has 13 heteroatoms. The number of unbranched alkanes of at least 4 members (excludes halogenated alkanes) is 1. The summed E-state index contributed by atoms with van der Waals surface area (Å²) in [6, 6.07) is 0.189. The van der Waals surface area contributed by atoms with Crippen molar-refractivity contribution in [3.8, 4) is 17.1 Å². The molecular weight excluding hydrogens is 506 g/mol. The van der Waals surface area contributed by atoms with Crippen LogP contribution >= 0.6 is 0 Å². The Morgan fingerprint density at radius 3 is 2.39 bits per heavy atom. The smallest absolute Gasteiger partial charge is 0.418 e. The Kier molecular flexibility index (Phi) is 8.60. The van der Waals surface area contributed by atoms with Crippen LogP contribution in [0.1, 0.15) is 42.3 Å². The van der Waals surface area contributed by atoms with Gasteiger partial charge in [-0.2, -0.15) is 13.2 Å². The lowest BCUT2D eigenvalue weighted by Gasteiger charge is -2.21. The van der Waals surface area contributed by atoms with Gasteiger partial charge in [-0.05, 0) is 45.4 Å². The van der Waals surface area contributed by atoms with Gasteiger partial charge >= 0.3 is 6.18 Å². The third-order valence-electron chi connectivity index (χ3n) is 6.23. The number of fused-ring (bicyclic) bond motifs is 1. The number of anilines is 2. The van der Waals surface area contributed by atoms with E-state index in [9.17, 15) is 18.0 Å². The van der Waals surface area contributed by atoms with Crippen LogP contribution < -0.4 is 26.8 Å². The molecule has 3 rings (SSSR count). The Morgan fingerprint density at radius 2 is 1.82 bits per heavy atom. The summed E-state index contributed by atoms with van der Waals surface area (Å²) in [6.45, 7) is 6.96. The largest absolute Gasteiger partial charge is 0.480 e. The van der Waals surface area contributed by atoms with Crippen LogP contribution in [0.4, 0.5) is 29.2 Å². The van der Waals surface area contributed by atoms with E-state index in [2.05, 4.69) is 25.6 Å². The number of halogens is 4. The van der Waals surface area contributed by atoms with Crippen molar-refractivity contribution < 1.29 is 27.1 Å². The number of ether oxygens (including phenoxy) is 1. The fraction of sp³-hybridized carbons (Fsp3) is 0.440. The summed E-state index contributed by atoms with van der Waals surface area (Å²) in [5.74, 6) is -1.84. The van der Waals surface area contributed by atoms with Crippen LogP contribution in [0.5, 0.6) is 5.88 Å². The monoisotopic (exact) mass is 537 g/mol. The number of carbonyl (C=O) groups excluding carboxylic acids is 1. The Hall–Kier alpha value is -3.74. The summed E-state index contributed by atoms with van der Waals surface area (Å²) in [6.07, 6.45) is -3.10. The van der Waals surface area contributed by atoms with E-state index in [4.69, 9.17) is 16.2 Å². The molecule has 0 fully saturated rings. The minimum absolute atomic E-state index is 0.0223. The van der Waals surface area contributed by atoms with E-state index >= 15 is 4.39 Å². The zero-order valence-corrected chi connectivity index (χ0v) is 21.8. The van der Waals surface area contributed by atoms with Gasteiger partial charge in [-0.1, -0.05) is 13.3 Å². The third-order valence-corrected chi connectivity index (χ3v) is 6.23. The molecule has 0 bridgehead atoms. The number of rotatable bonds is 10. The van der Waals surface area contributed by atoms with Gasteiger partial charge in [-0.3, -0.25) is 4.79 Å². The maximum absolute atomic E-state index is 16.2. The van der Waals surface area contributed by atoms with Crippen LogP contribution in [0.25, 0.3) is 22.0 Å². The summed E-state index contributed by atoms with van der Waals surface area (Å²) in [5, 5.41) is 6.15. The topological polar surface area (TPSA) is 141 Å². The Morgan fingerprint density at radius 1 is 1.13 bits per heavy atom. The highest BCUT2D eigenvalue weighted by Crippen LogP contribution is 2.43.